The number of hydroxylamine groups is 1. The molecule has 0 aliphatic carbocycles. The third kappa shape index (κ3) is 4.97. The number of nitrogens with zero attached hydrogens (tertiary/aromatic N) is 2. The van der Waals surface area contributed by atoms with E-state index in [4.69, 9.17) is 21.5 Å². The van der Waals surface area contributed by atoms with Gasteiger partial charge < -0.3 is 5.11 Å². The highest BCUT2D eigenvalue weighted by molar-refractivity contribution is 7.98. The molecule has 3 aromatic rings. The molecular formula is C22H21ClFN3O4S. The highest BCUT2D eigenvalue weighted by atomic mass is 35.5. The van der Waals surface area contributed by atoms with E-state index in [2.05, 4.69) is 5.48 Å². The Morgan fingerprint density at radius 1 is 1.25 bits per heavy atom. The fourth-order valence-electron chi connectivity index (χ4n) is 3.08. The molecular weight excluding hydrogens is 457 g/mol. The van der Waals surface area contributed by atoms with Crippen molar-refractivity contribution < 1.29 is 19.1 Å². The first kappa shape index (κ1) is 23.8. The monoisotopic (exact) mass is 477 g/mol. The van der Waals surface area contributed by atoms with Gasteiger partial charge >= 0.3 is 0 Å². The van der Waals surface area contributed by atoms with Crippen LogP contribution in [0.3, 0.4) is 0 Å². The summed E-state index contributed by atoms with van der Waals surface area (Å²) in [7, 11) is 1.44. The van der Waals surface area contributed by atoms with Crippen LogP contribution in [0.2, 0.25) is 5.02 Å². The second kappa shape index (κ2) is 10.6. The second-order valence-corrected chi connectivity index (χ2v) is 7.87. The first-order chi connectivity index (χ1) is 15.4. The Morgan fingerprint density at radius 3 is 2.56 bits per heavy atom. The van der Waals surface area contributed by atoms with Crippen LogP contribution in [0.15, 0.2) is 64.3 Å². The Bertz CT molecular complexity index is 1170. The number of anilines is 3. The van der Waals surface area contributed by atoms with Crippen LogP contribution in [0, 0.1) is 5.82 Å². The number of amides is 1. The van der Waals surface area contributed by atoms with Crippen LogP contribution in [0.5, 0.6) is 0 Å². The average molecular weight is 478 g/mol. The molecule has 0 fully saturated rings. The maximum atomic E-state index is 14.9. The van der Waals surface area contributed by atoms with Gasteiger partial charge in [-0.05, 0) is 48.7 Å². The molecule has 32 heavy (non-hydrogen) atoms. The van der Waals surface area contributed by atoms with E-state index in [1.807, 2.05) is 18.4 Å². The molecule has 10 heteroatoms. The number of pyridine rings is 1. The number of para-hydroxylation sites is 1. The second-order valence-electron chi connectivity index (χ2n) is 6.58. The van der Waals surface area contributed by atoms with E-state index in [1.165, 1.54) is 28.6 Å². The van der Waals surface area contributed by atoms with E-state index in [-0.39, 0.29) is 35.3 Å². The van der Waals surface area contributed by atoms with Crippen LogP contribution in [-0.4, -0.2) is 35.1 Å². The van der Waals surface area contributed by atoms with E-state index < -0.39 is 17.3 Å². The maximum Gasteiger partial charge on any atom is 0.278 e. The normalized spacial score (nSPS) is 10.8. The number of aromatic nitrogens is 1. The van der Waals surface area contributed by atoms with Crippen LogP contribution >= 0.6 is 23.4 Å². The summed E-state index contributed by atoms with van der Waals surface area (Å²) in [6.45, 7) is -0.432. The van der Waals surface area contributed by atoms with Crippen LogP contribution in [0.1, 0.15) is 10.4 Å². The lowest BCUT2D eigenvalue weighted by atomic mass is 10.1. The quantitative estimate of drug-likeness (QED) is 0.289. The van der Waals surface area contributed by atoms with Gasteiger partial charge in [-0.15, -0.1) is 11.8 Å². The van der Waals surface area contributed by atoms with E-state index in [9.17, 15) is 14.0 Å². The van der Waals surface area contributed by atoms with Gasteiger partial charge in [-0.2, -0.15) is 0 Å². The number of aliphatic hydroxyl groups excluding tert-OH is 1. The van der Waals surface area contributed by atoms with Gasteiger partial charge in [0.05, 0.1) is 24.5 Å². The number of benzene rings is 2. The molecule has 0 saturated carbocycles. The van der Waals surface area contributed by atoms with Gasteiger partial charge in [0, 0.05) is 17.6 Å². The van der Waals surface area contributed by atoms with Gasteiger partial charge in [0.1, 0.15) is 16.7 Å². The summed E-state index contributed by atoms with van der Waals surface area (Å²) in [5, 5.41) is 8.71. The Balaban J connectivity index is 2.28. The zero-order valence-corrected chi connectivity index (χ0v) is 18.9. The Hall–Kier alpha value is -2.85. The fourth-order valence-corrected chi connectivity index (χ4v) is 3.73. The highest BCUT2D eigenvalue weighted by Gasteiger charge is 2.26. The lowest BCUT2D eigenvalue weighted by molar-refractivity contribution is 0.0168. The predicted octanol–water partition coefficient (Wildman–Crippen LogP) is 4.02. The van der Waals surface area contributed by atoms with Crippen molar-refractivity contribution in [2.45, 2.75) is 4.90 Å². The van der Waals surface area contributed by atoms with Crippen molar-refractivity contribution in [3.8, 4) is 0 Å². The molecule has 0 saturated heterocycles. The largest absolute Gasteiger partial charge is 0.394 e. The molecule has 0 aliphatic heterocycles. The number of nitrogens with one attached hydrogen (secondary N) is 1. The molecule has 0 bridgehead atoms. The van der Waals surface area contributed by atoms with Crippen LogP contribution in [0.4, 0.5) is 21.6 Å². The molecule has 2 N–H and O–H groups in total. The number of hydrogen-bond donors (Lipinski definition) is 2. The standard InChI is InChI=1S/C22H21ClFN3O4S/c1-26-21(16(13-17(23)22(26)30)20(29)25-31-12-11-28)27(19-6-4-3-5-18(19)24)14-7-9-15(32-2)10-8-14/h3-10,13,28H,11-12H2,1-2H3,(H,25,29). The first-order valence-electron chi connectivity index (χ1n) is 9.50. The highest BCUT2D eigenvalue weighted by Crippen LogP contribution is 2.38. The number of aliphatic hydroxyl groups is 1. The Kier molecular flexibility index (Phi) is 7.92. The minimum Gasteiger partial charge on any atom is -0.394 e. The van der Waals surface area contributed by atoms with Gasteiger partial charge in [0.25, 0.3) is 11.5 Å². The van der Waals surface area contributed by atoms with Crippen LogP contribution in [0.25, 0.3) is 0 Å². The summed E-state index contributed by atoms with van der Waals surface area (Å²) in [5.41, 5.74) is 2.28. The molecule has 1 heterocycles. The van der Waals surface area contributed by atoms with E-state index >= 15 is 0 Å². The Labute approximate surface area is 193 Å². The minimum atomic E-state index is -0.715. The summed E-state index contributed by atoms with van der Waals surface area (Å²) in [4.78, 5) is 33.0. The average Bonchev–Trinajstić information content (AvgIpc) is 2.80. The molecule has 0 radical (unpaired) electrons. The smallest absolute Gasteiger partial charge is 0.278 e. The van der Waals surface area contributed by atoms with Gasteiger partial charge in [-0.3, -0.25) is 23.9 Å². The molecule has 0 spiro atoms. The maximum absolute atomic E-state index is 14.9. The third-order valence-corrected chi connectivity index (χ3v) is 5.59. The van der Waals surface area contributed by atoms with Crippen LogP contribution in [-0.2, 0) is 11.9 Å². The predicted molar refractivity (Wildman–Crippen MR) is 124 cm³/mol. The van der Waals surface area contributed by atoms with E-state index in [1.54, 1.807) is 42.1 Å². The molecule has 168 valence electrons. The van der Waals surface area contributed by atoms with Crippen molar-refractivity contribution >= 4 is 46.5 Å². The summed E-state index contributed by atoms with van der Waals surface area (Å²) in [6, 6.07) is 14.5. The molecule has 0 unspecified atom stereocenters. The fraction of sp³-hybridized carbons (Fsp3) is 0.182. The number of carbonyl (C=O) groups is 1. The van der Waals surface area contributed by atoms with Crippen LogP contribution < -0.4 is 15.9 Å². The van der Waals surface area contributed by atoms with Crippen molar-refractivity contribution in [3.63, 3.8) is 0 Å². The molecule has 0 atom stereocenters. The topological polar surface area (TPSA) is 83.8 Å². The molecule has 0 aliphatic rings. The van der Waals surface area contributed by atoms with Crippen molar-refractivity contribution in [1.29, 1.82) is 0 Å². The molecule has 2 aromatic carbocycles. The molecule has 1 aromatic heterocycles. The number of hydrogen-bond acceptors (Lipinski definition) is 6. The molecule has 3 rings (SSSR count). The SMILES string of the molecule is CSc1ccc(N(c2ccccc2F)c2c(C(=O)NOCCO)cc(Cl)c(=O)n2C)cc1. The minimum absolute atomic E-state index is 0.0211. The van der Waals surface area contributed by atoms with Crippen molar-refractivity contribution in [1.82, 2.24) is 10.0 Å². The van der Waals surface area contributed by atoms with Crippen molar-refractivity contribution in [3.05, 3.63) is 81.4 Å². The van der Waals surface area contributed by atoms with E-state index in [0.29, 0.717) is 5.69 Å². The number of halogens is 2. The Morgan fingerprint density at radius 2 is 1.94 bits per heavy atom. The summed E-state index contributed by atoms with van der Waals surface area (Å²) in [6.07, 6.45) is 1.93. The summed E-state index contributed by atoms with van der Waals surface area (Å²) in [5.74, 6) is -1.17. The van der Waals surface area contributed by atoms with Crippen molar-refractivity contribution in [2.75, 3.05) is 24.4 Å². The van der Waals surface area contributed by atoms with Gasteiger partial charge in [0.2, 0.25) is 0 Å². The van der Waals surface area contributed by atoms with E-state index in [0.717, 1.165) is 4.90 Å². The zero-order chi connectivity index (χ0) is 23.3. The van der Waals surface area contributed by atoms with Gasteiger partial charge in [0.15, 0.2) is 0 Å². The number of carbonyl (C=O) groups excluding carboxylic acids is 1. The third-order valence-electron chi connectivity index (χ3n) is 4.58. The first-order valence-corrected chi connectivity index (χ1v) is 11.1. The lowest BCUT2D eigenvalue weighted by Gasteiger charge is -2.29. The molecule has 1 amide bonds. The summed E-state index contributed by atoms with van der Waals surface area (Å²) < 4.78 is 16.1. The zero-order valence-electron chi connectivity index (χ0n) is 17.3. The molecule has 7 nitrogen and oxygen atoms in total. The summed E-state index contributed by atoms with van der Waals surface area (Å²) >= 11 is 7.62. The number of thioether (sulfide) groups is 1. The number of rotatable bonds is 8. The van der Waals surface area contributed by atoms with Crippen molar-refractivity contribution in [2.24, 2.45) is 7.05 Å². The van der Waals surface area contributed by atoms with Gasteiger partial charge in [-0.25, -0.2) is 9.87 Å². The lowest BCUT2D eigenvalue weighted by Crippen LogP contribution is -2.32. The van der Waals surface area contributed by atoms with Gasteiger partial charge in [-0.1, -0.05) is 23.7 Å².